The zero-order valence-electron chi connectivity index (χ0n) is 13.0. The van der Waals surface area contributed by atoms with Gasteiger partial charge < -0.3 is 14.8 Å². The van der Waals surface area contributed by atoms with E-state index in [0.717, 1.165) is 3.57 Å². The molecule has 2 rings (SSSR count). The third kappa shape index (κ3) is 6.46. The minimum atomic E-state index is -0.241. The predicted octanol–water partition coefficient (Wildman–Crippen LogP) is 3.99. The Bertz CT molecular complexity index is 711. The Morgan fingerprint density at radius 2 is 1.92 bits per heavy atom. The van der Waals surface area contributed by atoms with Crippen molar-refractivity contribution in [2.75, 3.05) is 18.5 Å². The fraction of sp³-hybridized carbons (Fsp3) is 0.222. The van der Waals surface area contributed by atoms with Gasteiger partial charge in [-0.15, -0.1) is 0 Å². The van der Waals surface area contributed by atoms with Crippen LogP contribution in [0.2, 0.25) is 0 Å². The van der Waals surface area contributed by atoms with E-state index >= 15 is 0 Å². The number of hydrogen-bond donors (Lipinski definition) is 1. The summed E-state index contributed by atoms with van der Waals surface area (Å²) in [7, 11) is 0. The van der Waals surface area contributed by atoms with E-state index in [-0.39, 0.29) is 12.5 Å². The minimum absolute atomic E-state index is 0.0617. The second-order valence-corrected chi connectivity index (χ2v) is 6.17. The van der Waals surface area contributed by atoms with Crippen LogP contribution in [0, 0.1) is 14.9 Å². The van der Waals surface area contributed by atoms with Crippen molar-refractivity contribution in [1.82, 2.24) is 0 Å². The number of carbonyl (C=O) groups excluding carboxylic acids is 1. The SMILES string of the molecule is N#CCCCOc1cccc(NC(=O)COc2ccc(I)cc2)c1. The molecule has 0 atom stereocenters. The van der Waals surface area contributed by atoms with E-state index in [1.807, 2.05) is 30.3 Å². The van der Waals surface area contributed by atoms with Gasteiger partial charge in [0.25, 0.3) is 5.91 Å². The maximum absolute atomic E-state index is 11.9. The van der Waals surface area contributed by atoms with Crippen molar-refractivity contribution in [1.29, 1.82) is 5.26 Å². The predicted molar refractivity (Wildman–Crippen MR) is 100 cm³/mol. The molecule has 0 unspecified atom stereocenters. The number of nitrogens with zero attached hydrogens (tertiary/aromatic N) is 1. The maximum atomic E-state index is 11.9. The summed E-state index contributed by atoms with van der Waals surface area (Å²) in [6.45, 7) is 0.411. The summed E-state index contributed by atoms with van der Waals surface area (Å²) in [6.07, 6.45) is 1.14. The summed E-state index contributed by atoms with van der Waals surface area (Å²) < 4.78 is 12.1. The first-order valence-electron chi connectivity index (χ1n) is 7.45. The second-order valence-electron chi connectivity index (χ2n) is 4.93. The van der Waals surface area contributed by atoms with Gasteiger partial charge >= 0.3 is 0 Å². The van der Waals surface area contributed by atoms with Gasteiger partial charge in [0.2, 0.25) is 0 Å². The lowest BCUT2D eigenvalue weighted by Gasteiger charge is -2.09. The van der Waals surface area contributed by atoms with Gasteiger partial charge in [-0.3, -0.25) is 4.79 Å². The largest absolute Gasteiger partial charge is 0.493 e. The molecular weight excluding hydrogens is 419 g/mol. The van der Waals surface area contributed by atoms with Gasteiger partial charge in [0, 0.05) is 21.7 Å². The lowest BCUT2D eigenvalue weighted by Crippen LogP contribution is -2.20. The van der Waals surface area contributed by atoms with Crippen LogP contribution in [0.15, 0.2) is 48.5 Å². The highest BCUT2D eigenvalue weighted by molar-refractivity contribution is 14.1. The summed E-state index contributed by atoms with van der Waals surface area (Å²) in [5.41, 5.74) is 0.643. The van der Waals surface area contributed by atoms with Gasteiger partial charge in [-0.2, -0.15) is 5.26 Å². The van der Waals surface area contributed by atoms with Crippen LogP contribution in [-0.4, -0.2) is 19.1 Å². The van der Waals surface area contributed by atoms with Crippen molar-refractivity contribution in [2.24, 2.45) is 0 Å². The highest BCUT2D eigenvalue weighted by atomic mass is 127. The molecule has 0 aromatic heterocycles. The number of rotatable bonds is 8. The van der Waals surface area contributed by atoms with E-state index in [1.165, 1.54) is 0 Å². The molecule has 2 aromatic carbocycles. The number of amides is 1. The lowest BCUT2D eigenvalue weighted by atomic mass is 10.3. The molecular formula is C18H17IN2O3. The van der Waals surface area contributed by atoms with Crippen LogP contribution in [-0.2, 0) is 4.79 Å². The molecule has 2 aromatic rings. The van der Waals surface area contributed by atoms with E-state index in [2.05, 4.69) is 34.0 Å². The minimum Gasteiger partial charge on any atom is -0.493 e. The van der Waals surface area contributed by atoms with Crippen LogP contribution in [0.25, 0.3) is 0 Å². The Kier molecular flexibility index (Phi) is 7.36. The summed E-state index contributed by atoms with van der Waals surface area (Å²) in [6, 6.07) is 16.7. The third-order valence-electron chi connectivity index (χ3n) is 3.00. The molecule has 0 aliphatic carbocycles. The number of benzene rings is 2. The Balaban J connectivity index is 1.80. The molecule has 0 saturated carbocycles. The van der Waals surface area contributed by atoms with Crippen molar-refractivity contribution in [3.05, 3.63) is 52.1 Å². The first-order chi connectivity index (χ1) is 11.7. The maximum Gasteiger partial charge on any atom is 0.262 e. The Morgan fingerprint density at radius 3 is 2.67 bits per heavy atom. The number of nitrogens with one attached hydrogen (secondary N) is 1. The standard InChI is InChI=1S/C18H17IN2O3/c19-14-6-8-16(9-7-14)24-13-18(22)21-15-4-3-5-17(12-15)23-11-2-1-10-20/h3-9,12H,1-2,11,13H2,(H,21,22). The van der Waals surface area contributed by atoms with Crippen LogP contribution < -0.4 is 14.8 Å². The number of halogens is 1. The van der Waals surface area contributed by atoms with Crippen LogP contribution in [0.1, 0.15) is 12.8 Å². The van der Waals surface area contributed by atoms with Crippen LogP contribution in [0.4, 0.5) is 5.69 Å². The summed E-state index contributed by atoms with van der Waals surface area (Å²) in [4.78, 5) is 11.9. The number of carbonyl (C=O) groups is 1. The zero-order valence-corrected chi connectivity index (χ0v) is 15.2. The summed E-state index contributed by atoms with van der Waals surface area (Å²) >= 11 is 2.21. The molecule has 1 N–H and O–H groups in total. The van der Waals surface area contributed by atoms with Gasteiger partial charge in [-0.25, -0.2) is 0 Å². The fourth-order valence-electron chi connectivity index (χ4n) is 1.88. The first kappa shape index (κ1) is 18.1. The lowest BCUT2D eigenvalue weighted by molar-refractivity contribution is -0.118. The van der Waals surface area contributed by atoms with Gasteiger partial charge in [-0.1, -0.05) is 6.07 Å². The zero-order chi connectivity index (χ0) is 17.2. The average Bonchev–Trinajstić information content (AvgIpc) is 2.59. The highest BCUT2D eigenvalue weighted by Gasteiger charge is 2.05. The van der Waals surface area contributed by atoms with E-state index in [0.29, 0.717) is 36.6 Å². The van der Waals surface area contributed by atoms with Crippen molar-refractivity contribution in [3.8, 4) is 17.6 Å². The molecule has 5 nitrogen and oxygen atoms in total. The molecule has 0 fully saturated rings. The second kappa shape index (κ2) is 9.78. The quantitative estimate of drug-likeness (QED) is 0.502. The monoisotopic (exact) mass is 436 g/mol. The molecule has 0 saturated heterocycles. The molecule has 0 bridgehead atoms. The average molecular weight is 436 g/mol. The topological polar surface area (TPSA) is 71.3 Å². The number of anilines is 1. The van der Waals surface area contributed by atoms with Crippen molar-refractivity contribution in [2.45, 2.75) is 12.8 Å². The van der Waals surface area contributed by atoms with Gasteiger partial charge in [0.1, 0.15) is 11.5 Å². The Labute approximate surface area is 154 Å². The molecule has 124 valence electrons. The van der Waals surface area contributed by atoms with E-state index in [9.17, 15) is 4.79 Å². The van der Waals surface area contributed by atoms with Crippen molar-refractivity contribution >= 4 is 34.2 Å². The molecule has 1 amide bonds. The van der Waals surface area contributed by atoms with E-state index < -0.39 is 0 Å². The molecule has 0 aliphatic rings. The van der Waals surface area contributed by atoms with Crippen LogP contribution in [0.3, 0.4) is 0 Å². The molecule has 0 radical (unpaired) electrons. The van der Waals surface area contributed by atoms with Crippen molar-refractivity contribution in [3.63, 3.8) is 0 Å². The smallest absolute Gasteiger partial charge is 0.262 e. The number of nitriles is 1. The van der Waals surface area contributed by atoms with Crippen molar-refractivity contribution < 1.29 is 14.3 Å². The molecule has 6 heteroatoms. The Hall–Kier alpha value is -2.27. The number of ether oxygens (including phenoxy) is 2. The van der Waals surface area contributed by atoms with E-state index in [1.54, 1.807) is 18.2 Å². The first-order valence-corrected chi connectivity index (χ1v) is 8.53. The molecule has 0 heterocycles. The van der Waals surface area contributed by atoms with Gasteiger partial charge in [-0.05, 0) is 65.4 Å². The molecule has 24 heavy (non-hydrogen) atoms. The third-order valence-corrected chi connectivity index (χ3v) is 3.72. The number of unbranched alkanes of at least 4 members (excludes halogenated alkanes) is 1. The molecule has 0 aliphatic heterocycles. The normalized spacial score (nSPS) is 9.83. The van der Waals surface area contributed by atoms with Crippen LogP contribution >= 0.6 is 22.6 Å². The van der Waals surface area contributed by atoms with Crippen LogP contribution in [0.5, 0.6) is 11.5 Å². The van der Waals surface area contributed by atoms with Gasteiger partial charge in [0.05, 0.1) is 12.7 Å². The summed E-state index contributed by atoms with van der Waals surface area (Å²) in [5, 5.41) is 11.3. The van der Waals surface area contributed by atoms with Gasteiger partial charge in [0.15, 0.2) is 6.61 Å². The molecule has 0 spiro atoms. The van der Waals surface area contributed by atoms with E-state index in [4.69, 9.17) is 14.7 Å². The Morgan fingerprint density at radius 1 is 1.12 bits per heavy atom. The summed E-state index contributed by atoms with van der Waals surface area (Å²) in [5.74, 6) is 1.07. The highest BCUT2D eigenvalue weighted by Crippen LogP contribution is 2.18. The number of hydrogen-bond acceptors (Lipinski definition) is 4. The fourth-order valence-corrected chi connectivity index (χ4v) is 2.24.